The van der Waals surface area contributed by atoms with E-state index in [1.807, 2.05) is 25.1 Å². The monoisotopic (exact) mass is 422 g/mol. The highest BCUT2D eigenvalue weighted by molar-refractivity contribution is 14.1. The van der Waals surface area contributed by atoms with Gasteiger partial charge in [-0.05, 0) is 66.3 Å². The molecule has 3 aromatic rings. The standard InChI is InChI=1S/C17H15IN2O3/c1-10-7-8-12(9-13(10)18)19-16(21)11(2)20-14-5-3-4-6-15(14)23-17(20)22/h3-9,11H,1-2H3,(H,19,21). The summed E-state index contributed by atoms with van der Waals surface area (Å²) >= 11 is 2.22. The van der Waals surface area contributed by atoms with Gasteiger partial charge in [0.25, 0.3) is 0 Å². The van der Waals surface area contributed by atoms with Gasteiger partial charge in [0.2, 0.25) is 5.91 Å². The quantitative estimate of drug-likeness (QED) is 0.655. The Labute approximate surface area is 146 Å². The average molecular weight is 422 g/mol. The number of nitrogens with one attached hydrogen (secondary N) is 1. The molecule has 1 aromatic heterocycles. The largest absolute Gasteiger partial charge is 0.420 e. The summed E-state index contributed by atoms with van der Waals surface area (Å²) in [6.07, 6.45) is 0. The highest BCUT2D eigenvalue weighted by atomic mass is 127. The van der Waals surface area contributed by atoms with Crippen LogP contribution in [0.2, 0.25) is 0 Å². The Morgan fingerprint density at radius 3 is 2.74 bits per heavy atom. The minimum Gasteiger partial charge on any atom is -0.408 e. The van der Waals surface area contributed by atoms with Crippen LogP contribution in [0.5, 0.6) is 0 Å². The normalized spacial score (nSPS) is 12.3. The van der Waals surface area contributed by atoms with Gasteiger partial charge >= 0.3 is 5.76 Å². The minimum atomic E-state index is -0.676. The van der Waals surface area contributed by atoms with E-state index in [0.717, 1.165) is 9.13 Å². The Balaban J connectivity index is 1.91. The highest BCUT2D eigenvalue weighted by Crippen LogP contribution is 2.20. The SMILES string of the molecule is Cc1ccc(NC(=O)C(C)n2c(=O)oc3ccccc32)cc1I. The van der Waals surface area contributed by atoms with E-state index in [1.165, 1.54) is 4.57 Å². The van der Waals surface area contributed by atoms with Gasteiger partial charge in [-0.25, -0.2) is 4.79 Å². The van der Waals surface area contributed by atoms with Crippen LogP contribution >= 0.6 is 22.6 Å². The molecule has 5 nitrogen and oxygen atoms in total. The summed E-state index contributed by atoms with van der Waals surface area (Å²) in [4.78, 5) is 24.5. The maximum absolute atomic E-state index is 12.5. The number of benzene rings is 2. The van der Waals surface area contributed by atoms with Gasteiger partial charge in [-0.2, -0.15) is 0 Å². The molecule has 0 spiro atoms. The second-order valence-corrected chi connectivity index (χ2v) is 6.50. The molecule has 0 aliphatic rings. The number of hydrogen-bond acceptors (Lipinski definition) is 3. The van der Waals surface area contributed by atoms with E-state index in [2.05, 4.69) is 27.9 Å². The first-order valence-corrected chi connectivity index (χ1v) is 8.22. The number of anilines is 1. The Hall–Kier alpha value is -2.09. The third kappa shape index (κ3) is 3.03. The number of amides is 1. The van der Waals surface area contributed by atoms with Crippen molar-refractivity contribution in [2.45, 2.75) is 19.9 Å². The molecule has 1 amide bonds. The molecule has 0 fully saturated rings. The van der Waals surface area contributed by atoms with Gasteiger partial charge in [-0.15, -0.1) is 0 Å². The smallest absolute Gasteiger partial charge is 0.408 e. The van der Waals surface area contributed by atoms with Gasteiger partial charge in [-0.1, -0.05) is 18.2 Å². The molecule has 0 saturated carbocycles. The maximum Gasteiger partial charge on any atom is 0.420 e. The van der Waals surface area contributed by atoms with Gasteiger partial charge in [0.1, 0.15) is 6.04 Å². The number of fused-ring (bicyclic) bond motifs is 1. The summed E-state index contributed by atoms with van der Waals surface area (Å²) in [5, 5.41) is 2.84. The van der Waals surface area contributed by atoms with Crippen LogP contribution in [0.15, 0.2) is 51.7 Å². The highest BCUT2D eigenvalue weighted by Gasteiger charge is 2.21. The molecule has 0 aliphatic heterocycles. The van der Waals surface area contributed by atoms with Crippen LogP contribution in [0, 0.1) is 10.5 Å². The molecule has 6 heteroatoms. The van der Waals surface area contributed by atoms with Crippen molar-refractivity contribution in [3.8, 4) is 0 Å². The summed E-state index contributed by atoms with van der Waals surface area (Å²) in [5.74, 6) is -0.800. The molecular weight excluding hydrogens is 407 g/mol. The molecular formula is C17H15IN2O3. The lowest BCUT2D eigenvalue weighted by Gasteiger charge is -2.13. The van der Waals surface area contributed by atoms with E-state index >= 15 is 0 Å². The van der Waals surface area contributed by atoms with Gasteiger partial charge in [0, 0.05) is 9.26 Å². The Morgan fingerprint density at radius 2 is 2.00 bits per heavy atom. The van der Waals surface area contributed by atoms with Crippen LogP contribution in [-0.2, 0) is 4.79 Å². The molecule has 1 atom stereocenters. The zero-order valence-electron chi connectivity index (χ0n) is 12.7. The maximum atomic E-state index is 12.5. The number of carbonyl (C=O) groups is 1. The average Bonchev–Trinajstić information content (AvgIpc) is 2.86. The van der Waals surface area contributed by atoms with E-state index in [9.17, 15) is 9.59 Å². The number of para-hydroxylation sites is 2. The summed E-state index contributed by atoms with van der Waals surface area (Å²) < 4.78 is 7.61. The molecule has 3 rings (SSSR count). The number of aryl methyl sites for hydroxylation is 1. The summed E-state index contributed by atoms with van der Waals surface area (Å²) in [6.45, 7) is 3.69. The number of halogens is 1. The van der Waals surface area contributed by atoms with E-state index in [0.29, 0.717) is 16.8 Å². The molecule has 0 bridgehead atoms. The lowest BCUT2D eigenvalue weighted by Crippen LogP contribution is -2.29. The molecule has 0 aliphatic carbocycles. The Bertz CT molecular complexity index is 942. The van der Waals surface area contributed by atoms with Crippen molar-refractivity contribution in [1.82, 2.24) is 4.57 Å². The molecule has 23 heavy (non-hydrogen) atoms. The molecule has 1 N–H and O–H groups in total. The fourth-order valence-corrected chi connectivity index (χ4v) is 2.90. The fourth-order valence-electron chi connectivity index (χ4n) is 2.39. The number of carbonyl (C=O) groups excluding carboxylic acids is 1. The van der Waals surface area contributed by atoms with Gasteiger partial charge < -0.3 is 9.73 Å². The second kappa shape index (κ2) is 6.19. The van der Waals surface area contributed by atoms with Gasteiger partial charge in [-0.3, -0.25) is 9.36 Å². The van der Waals surface area contributed by atoms with Crippen molar-refractivity contribution in [1.29, 1.82) is 0 Å². The van der Waals surface area contributed by atoms with E-state index in [4.69, 9.17) is 4.42 Å². The minimum absolute atomic E-state index is 0.265. The van der Waals surface area contributed by atoms with E-state index in [1.54, 1.807) is 31.2 Å². The molecule has 1 heterocycles. The molecule has 1 unspecified atom stereocenters. The van der Waals surface area contributed by atoms with Crippen molar-refractivity contribution in [2.24, 2.45) is 0 Å². The Kier molecular flexibility index (Phi) is 4.25. The van der Waals surface area contributed by atoms with Crippen LogP contribution in [0.4, 0.5) is 5.69 Å². The van der Waals surface area contributed by atoms with Crippen molar-refractivity contribution in [2.75, 3.05) is 5.32 Å². The predicted octanol–water partition coefficient (Wildman–Crippen LogP) is 3.71. The first kappa shape index (κ1) is 15.8. The number of nitrogens with zero attached hydrogens (tertiary/aromatic N) is 1. The van der Waals surface area contributed by atoms with Crippen molar-refractivity contribution in [3.63, 3.8) is 0 Å². The summed E-state index contributed by atoms with van der Waals surface area (Å²) in [7, 11) is 0. The van der Waals surface area contributed by atoms with Gasteiger partial charge in [0.15, 0.2) is 5.58 Å². The fraction of sp³-hybridized carbons (Fsp3) is 0.176. The summed E-state index contributed by atoms with van der Waals surface area (Å²) in [5.41, 5.74) is 2.94. The third-order valence-electron chi connectivity index (χ3n) is 3.72. The number of aromatic nitrogens is 1. The Morgan fingerprint density at radius 1 is 1.26 bits per heavy atom. The van der Waals surface area contributed by atoms with E-state index < -0.39 is 11.8 Å². The van der Waals surface area contributed by atoms with Crippen LogP contribution in [0.1, 0.15) is 18.5 Å². The predicted molar refractivity (Wildman–Crippen MR) is 97.7 cm³/mol. The lowest BCUT2D eigenvalue weighted by atomic mass is 10.2. The topological polar surface area (TPSA) is 64.2 Å². The number of hydrogen-bond donors (Lipinski definition) is 1. The number of rotatable bonds is 3. The van der Waals surface area contributed by atoms with Crippen molar-refractivity contribution in [3.05, 3.63) is 62.1 Å². The lowest BCUT2D eigenvalue weighted by molar-refractivity contribution is -0.118. The van der Waals surface area contributed by atoms with Crippen molar-refractivity contribution < 1.29 is 9.21 Å². The van der Waals surface area contributed by atoms with Crippen LogP contribution in [0.3, 0.4) is 0 Å². The molecule has 0 radical (unpaired) electrons. The third-order valence-corrected chi connectivity index (χ3v) is 4.89. The van der Waals surface area contributed by atoms with Crippen molar-refractivity contribution >= 4 is 45.3 Å². The number of oxazole rings is 1. The van der Waals surface area contributed by atoms with E-state index in [-0.39, 0.29) is 5.91 Å². The zero-order valence-corrected chi connectivity index (χ0v) is 14.8. The molecule has 118 valence electrons. The molecule has 0 saturated heterocycles. The first-order chi connectivity index (χ1) is 11.0. The molecule has 2 aromatic carbocycles. The second-order valence-electron chi connectivity index (χ2n) is 5.33. The first-order valence-electron chi connectivity index (χ1n) is 7.14. The van der Waals surface area contributed by atoms with Crippen LogP contribution in [-0.4, -0.2) is 10.5 Å². The van der Waals surface area contributed by atoms with Crippen LogP contribution < -0.4 is 11.1 Å². The zero-order chi connectivity index (χ0) is 16.6. The van der Waals surface area contributed by atoms with Gasteiger partial charge in [0.05, 0.1) is 5.52 Å². The summed E-state index contributed by atoms with van der Waals surface area (Å²) in [6, 6.07) is 12.1. The van der Waals surface area contributed by atoms with Crippen LogP contribution in [0.25, 0.3) is 11.1 Å².